The fourth-order valence-corrected chi connectivity index (χ4v) is 4.77. The highest BCUT2D eigenvalue weighted by Crippen LogP contribution is 2.32. The van der Waals surface area contributed by atoms with E-state index in [2.05, 4.69) is 14.9 Å². The summed E-state index contributed by atoms with van der Waals surface area (Å²) in [6, 6.07) is 8.78. The number of aryl methyl sites for hydroxylation is 2. The van der Waals surface area contributed by atoms with Crippen molar-refractivity contribution in [2.45, 2.75) is 25.3 Å². The van der Waals surface area contributed by atoms with Crippen molar-refractivity contribution in [3.63, 3.8) is 0 Å². The average Bonchev–Trinajstić information content (AvgIpc) is 3.19. The molecule has 0 atom stereocenters. The van der Waals surface area contributed by atoms with Gasteiger partial charge in [0.15, 0.2) is 0 Å². The van der Waals surface area contributed by atoms with Gasteiger partial charge >= 0.3 is 0 Å². The van der Waals surface area contributed by atoms with Crippen molar-refractivity contribution in [1.82, 2.24) is 14.9 Å². The number of hydrogen-bond acceptors (Lipinski definition) is 7. The van der Waals surface area contributed by atoms with Crippen molar-refractivity contribution in [3.8, 4) is 16.5 Å². The van der Waals surface area contributed by atoms with Gasteiger partial charge in [0, 0.05) is 18.3 Å². The first-order valence-corrected chi connectivity index (χ1v) is 9.73. The van der Waals surface area contributed by atoms with Crippen LogP contribution in [0.1, 0.15) is 16.3 Å². The summed E-state index contributed by atoms with van der Waals surface area (Å²) in [7, 11) is -2.06. The zero-order valence-electron chi connectivity index (χ0n) is 13.9. The summed E-state index contributed by atoms with van der Waals surface area (Å²) in [5.41, 5.74) is 0.839. The second-order valence-corrected chi connectivity index (χ2v) is 8.33. The normalized spacial score (nSPS) is 11.6. The molecule has 0 spiro atoms. The maximum Gasteiger partial charge on any atom is 0.241 e. The molecule has 9 heteroatoms. The Balaban J connectivity index is 1.78. The highest BCUT2D eigenvalue weighted by molar-refractivity contribution is 7.89. The number of nitrogens with zero attached hydrogens (tertiary/aromatic N) is 2. The molecule has 0 saturated heterocycles. The zero-order valence-corrected chi connectivity index (χ0v) is 15.6. The van der Waals surface area contributed by atoms with Gasteiger partial charge in [-0.25, -0.2) is 13.1 Å². The van der Waals surface area contributed by atoms with Crippen LogP contribution in [0.2, 0.25) is 0 Å². The number of methoxy groups -OCH3 is 1. The third-order valence-electron chi connectivity index (χ3n) is 3.54. The standard InChI is InChI=1S/C16H17N3O4S2/c1-10-15(8-14(24-10)16-18-11(2)23-19-16)25(20,21)17-9-12-4-6-13(22-3)7-5-12/h4-8,17H,9H2,1-3H3. The molecule has 0 aliphatic carbocycles. The number of thiophene rings is 1. The lowest BCUT2D eigenvalue weighted by molar-refractivity contribution is 0.394. The van der Waals surface area contributed by atoms with Gasteiger partial charge in [-0.1, -0.05) is 17.3 Å². The molecule has 0 amide bonds. The third-order valence-corrected chi connectivity index (χ3v) is 6.24. The van der Waals surface area contributed by atoms with Crippen LogP contribution in [-0.2, 0) is 16.6 Å². The van der Waals surface area contributed by atoms with E-state index in [-0.39, 0.29) is 11.4 Å². The zero-order chi connectivity index (χ0) is 18.0. The van der Waals surface area contributed by atoms with Crippen LogP contribution in [-0.4, -0.2) is 25.7 Å². The SMILES string of the molecule is COc1ccc(CNS(=O)(=O)c2cc(-c3noc(C)n3)sc2C)cc1. The summed E-state index contributed by atoms with van der Waals surface area (Å²) < 4.78 is 37.9. The predicted molar refractivity (Wildman–Crippen MR) is 94.1 cm³/mol. The van der Waals surface area contributed by atoms with Crippen LogP contribution in [0.3, 0.4) is 0 Å². The minimum atomic E-state index is -3.64. The monoisotopic (exact) mass is 379 g/mol. The molecule has 1 N–H and O–H groups in total. The molecule has 0 saturated carbocycles. The van der Waals surface area contributed by atoms with Crippen LogP contribution >= 0.6 is 11.3 Å². The number of ether oxygens (including phenoxy) is 1. The lowest BCUT2D eigenvalue weighted by atomic mass is 10.2. The number of hydrogen-bond donors (Lipinski definition) is 1. The van der Waals surface area contributed by atoms with Crippen molar-refractivity contribution in [3.05, 3.63) is 46.7 Å². The number of benzene rings is 1. The molecule has 0 aliphatic rings. The van der Waals surface area contributed by atoms with Gasteiger partial charge in [-0.2, -0.15) is 4.98 Å². The summed E-state index contributed by atoms with van der Waals surface area (Å²) in [6.07, 6.45) is 0. The van der Waals surface area contributed by atoms with E-state index < -0.39 is 10.0 Å². The van der Waals surface area contributed by atoms with Gasteiger partial charge < -0.3 is 9.26 Å². The molecule has 2 aromatic heterocycles. The number of aromatic nitrogens is 2. The van der Waals surface area contributed by atoms with Crippen molar-refractivity contribution < 1.29 is 17.7 Å². The Morgan fingerprint density at radius 1 is 1.24 bits per heavy atom. The molecule has 0 unspecified atom stereocenters. The van der Waals surface area contributed by atoms with E-state index in [1.165, 1.54) is 11.3 Å². The first kappa shape index (κ1) is 17.6. The molecule has 25 heavy (non-hydrogen) atoms. The Hall–Kier alpha value is -2.23. The lowest BCUT2D eigenvalue weighted by Crippen LogP contribution is -2.23. The Morgan fingerprint density at radius 2 is 1.96 bits per heavy atom. The molecule has 132 valence electrons. The molecule has 7 nitrogen and oxygen atoms in total. The highest BCUT2D eigenvalue weighted by atomic mass is 32.2. The largest absolute Gasteiger partial charge is 0.497 e. The quantitative estimate of drug-likeness (QED) is 0.708. The fourth-order valence-electron chi connectivity index (χ4n) is 2.24. The second-order valence-electron chi connectivity index (χ2n) is 5.34. The molecule has 3 rings (SSSR count). The summed E-state index contributed by atoms with van der Waals surface area (Å²) in [6.45, 7) is 3.63. The highest BCUT2D eigenvalue weighted by Gasteiger charge is 2.22. The molecule has 2 heterocycles. The van der Waals surface area contributed by atoms with Crippen molar-refractivity contribution in [2.75, 3.05) is 7.11 Å². The number of rotatable bonds is 6. The molecule has 3 aromatic rings. The molecule has 0 aliphatic heterocycles. The fraction of sp³-hybridized carbons (Fsp3) is 0.250. The van der Waals surface area contributed by atoms with Crippen LogP contribution in [0.5, 0.6) is 5.75 Å². The van der Waals surface area contributed by atoms with E-state index in [9.17, 15) is 8.42 Å². The molecule has 0 bridgehead atoms. The minimum absolute atomic E-state index is 0.193. The first-order chi connectivity index (χ1) is 11.9. The van der Waals surface area contributed by atoms with Crippen LogP contribution in [0, 0.1) is 13.8 Å². The van der Waals surface area contributed by atoms with Gasteiger partial charge in [0.2, 0.25) is 21.7 Å². The molecule has 0 fully saturated rings. The van der Waals surface area contributed by atoms with E-state index in [0.29, 0.717) is 21.5 Å². The van der Waals surface area contributed by atoms with Crippen molar-refractivity contribution >= 4 is 21.4 Å². The van der Waals surface area contributed by atoms with Gasteiger partial charge in [-0.3, -0.25) is 0 Å². The number of sulfonamides is 1. The van der Waals surface area contributed by atoms with Gasteiger partial charge in [0.05, 0.1) is 16.9 Å². The van der Waals surface area contributed by atoms with E-state index in [1.807, 2.05) is 12.1 Å². The molecule has 1 aromatic carbocycles. The van der Waals surface area contributed by atoms with Crippen LogP contribution < -0.4 is 9.46 Å². The second kappa shape index (κ2) is 6.95. The van der Waals surface area contributed by atoms with Crippen LogP contribution in [0.15, 0.2) is 39.8 Å². The summed E-state index contributed by atoms with van der Waals surface area (Å²) in [5, 5.41) is 3.83. The van der Waals surface area contributed by atoms with Crippen LogP contribution in [0.25, 0.3) is 10.7 Å². The average molecular weight is 379 g/mol. The van der Waals surface area contributed by atoms with Crippen molar-refractivity contribution in [2.24, 2.45) is 0 Å². The van der Waals surface area contributed by atoms with Crippen LogP contribution in [0.4, 0.5) is 0 Å². The van der Waals surface area contributed by atoms with E-state index >= 15 is 0 Å². The van der Waals surface area contributed by atoms with E-state index in [0.717, 1.165) is 11.3 Å². The van der Waals surface area contributed by atoms with Gasteiger partial charge in [-0.15, -0.1) is 11.3 Å². The summed E-state index contributed by atoms with van der Waals surface area (Å²) in [5.74, 6) is 1.55. The third kappa shape index (κ3) is 3.89. The smallest absolute Gasteiger partial charge is 0.241 e. The summed E-state index contributed by atoms with van der Waals surface area (Å²) >= 11 is 1.31. The topological polar surface area (TPSA) is 94.3 Å². The van der Waals surface area contributed by atoms with Gasteiger partial charge in [0.25, 0.3) is 0 Å². The first-order valence-electron chi connectivity index (χ1n) is 7.43. The van der Waals surface area contributed by atoms with E-state index in [4.69, 9.17) is 9.26 Å². The predicted octanol–water partition coefficient (Wildman–Crippen LogP) is 2.90. The number of nitrogens with one attached hydrogen (secondary N) is 1. The van der Waals surface area contributed by atoms with E-state index in [1.54, 1.807) is 39.2 Å². The minimum Gasteiger partial charge on any atom is -0.497 e. The Kier molecular flexibility index (Phi) is 4.89. The Labute approximate surface area is 149 Å². The molecular weight excluding hydrogens is 362 g/mol. The lowest BCUT2D eigenvalue weighted by Gasteiger charge is -2.07. The molecular formula is C16H17N3O4S2. The maximum absolute atomic E-state index is 12.6. The Bertz CT molecular complexity index is 975. The van der Waals surface area contributed by atoms with Crippen molar-refractivity contribution in [1.29, 1.82) is 0 Å². The van der Waals surface area contributed by atoms with Gasteiger partial charge in [0.1, 0.15) is 5.75 Å². The molecule has 0 radical (unpaired) electrons. The van der Waals surface area contributed by atoms with Gasteiger partial charge in [-0.05, 0) is 30.7 Å². The maximum atomic E-state index is 12.6. The summed E-state index contributed by atoms with van der Waals surface area (Å²) in [4.78, 5) is 5.68. The Morgan fingerprint density at radius 3 is 2.56 bits per heavy atom.